The molecular formula is C13H19N3O. The van der Waals surface area contributed by atoms with Gasteiger partial charge in [-0.25, -0.2) is 0 Å². The maximum Gasteiger partial charge on any atom is 0.255 e. The molecule has 0 unspecified atom stereocenters. The zero-order valence-electron chi connectivity index (χ0n) is 10.4. The molecule has 1 fully saturated rings. The van der Waals surface area contributed by atoms with E-state index in [4.69, 9.17) is 5.73 Å². The van der Waals surface area contributed by atoms with Crippen LogP contribution < -0.4 is 5.73 Å². The molecule has 1 aliphatic rings. The summed E-state index contributed by atoms with van der Waals surface area (Å²) in [6.45, 7) is 2.70. The first-order chi connectivity index (χ1) is 8.06. The van der Waals surface area contributed by atoms with Crippen molar-refractivity contribution in [2.24, 2.45) is 11.7 Å². The summed E-state index contributed by atoms with van der Waals surface area (Å²) in [5, 5.41) is 0. The minimum atomic E-state index is 0.0398. The number of aryl methyl sites for hydroxylation is 1. The number of carbonyl (C=O) groups excluding carboxylic acids is 1. The van der Waals surface area contributed by atoms with Crippen LogP contribution in [-0.2, 0) is 0 Å². The molecule has 17 heavy (non-hydrogen) atoms. The number of aromatic nitrogens is 1. The van der Waals surface area contributed by atoms with Crippen molar-refractivity contribution < 1.29 is 4.79 Å². The minimum absolute atomic E-state index is 0.0398. The molecule has 1 amide bonds. The number of hydrogen-bond donors (Lipinski definition) is 1. The lowest BCUT2D eigenvalue weighted by Crippen LogP contribution is -2.43. The van der Waals surface area contributed by atoms with Gasteiger partial charge in [0.2, 0.25) is 0 Å². The van der Waals surface area contributed by atoms with E-state index in [-0.39, 0.29) is 5.91 Å². The second-order valence-electron chi connectivity index (χ2n) is 4.97. The van der Waals surface area contributed by atoms with Crippen LogP contribution in [0.2, 0.25) is 0 Å². The van der Waals surface area contributed by atoms with Gasteiger partial charge in [-0.3, -0.25) is 9.78 Å². The molecule has 2 rings (SSSR count). The van der Waals surface area contributed by atoms with Gasteiger partial charge in [0, 0.05) is 31.5 Å². The van der Waals surface area contributed by atoms with Gasteiger partial charge in [0.25, 0.3) is 5.91 Å². The van der Waals surface area contributed by atoms with Crippen molar-refractivity contribution in [3.63, 3.8) is 0 Å². The van der Waals surface area contributed by atoms with Gasteiger partial charge < -0.3 is 10.6 Å². The van der Waals surface area contributed by atoms with Gasteiger partial charge in [-0.2, -0.15) is 0 Å². The third kappa shape index (κ3) is 2.82. The molecule has 0 spiro atoms. The number of hydrogen-bond acceptors (Lipinski definition) is 3. The fourth-order valence-electron chi connectivity index (χ4n) is 2.22. The van der Waals surface area contributed by atoms with E-state index in [0.717, 1.165) is 25.1 Å². The van der Waals surface area contributed by atoms with Gasteiger partial charge in [-0.05, 0) is 37.8 Å². The Morgan fingerprint density at radius 1 is 1.53 bits per heavy atom. The Morgan fingerprint density at radius 2 is 2.24 bits per heavy atom. The van der Waals surface area contributed by atoms with E-state index >= 15 is 0 Å². The van der Waals surface area contributed by atoms with Crippen molar-refractivity contribution in [3.05, 3.63) is 29.6 Å². The highest BCUT2D eigenvalue weighted by Crippen LogP contribution is 2.26. The number of carbonyl (C=O) groups is 1. The van der Waals surface area contributed by atoms with Gasteiger partial charge in [0.1, 0.15) is 0 Å². The van der Waals surface area contributed by atoms with E-state index in [1.165, 1.54) is 0 Å². The van der Waals surface area contributed by atoms with Crippen molar-refractivity contribution in [1.82, 2.24) is 9.88 Å². The summed E-state index contributed by atoms with van der Waals surface area (Å²) in [5.74, 6) is 0.607. The van der Waals surface area contributed by atoms with E-state index in [2.05, 4.69) is 4.98 Å². The van der Waals surface area contributed by atoms with Crippen LogP contribution in [0.25, 0.3) is 0 Å². The third-order valence-electron chi connectivity index (χ3n) is 3.31. The van der Waals surface area contributed by atoms with Gasteiger partial charge in [0.15, 0.2) is 0 Å². The summed E-state index contributed by atoms with van der Waals surface area (Å²) in [4.78, 5) is 18.0. The maximum absolute atomic E-state index is 12.1. The fourth-order valence-corrected chi connectivity index (χ4v) is 2.22. The molecule has 1 aliphatic carbocycles. The predicted octanol–water partition coefficient (Wildman–Crippen LogP) is 1.20. The lowest BCUT2D eigenvalue weighted by atomic mass is 9.80. The summed E-state index contributed by atoms with van der Waals surface area (Å²) in [6, 6.07) is 4.03. The summed E-state index contributed by atoms with van der Waals surface area (Å²) < 4.78 is 0. The van der Waals surface area contributed by atoms with E-state index in [0.29, 0.717) is 17.5 Å². The van der Waals surface area contributed by atoms with Crippen LogP contribution in [0.15, 0.2) is 18.3 Å². The molecule has 2 N–H and O–H groups in total. The van der Waals surface area contributed by atoms with Crippen LogP contribution >= 0.6 is 0 Å². The van der Waals surface area contributed by atoms with E-state index in [1.54, 1.807) is 11.1 Å². The molecule has 4 heteroatoms. The molecule has 0 aromatic carbocycles. The number of pyridine rings is 1. The molecule has 0 aliphatic heterocycles. The zero-order chi connectivity index (χ0) is 12.4. The Labute approximate surface area is 102 Å². The first-order valence-electron chi connectivity index (χ1n) is 6.00. The second kappa shape index (κ2) is 4.84. The topological polar surface area (TPSA) is 59.2 Å². The Morgan fingerprint density at radius 3 is 2.76 bits per heavy atom. The van der Waals surface area contributed by atoms with E-state index in [1.807, 2.05) is 26.1 Å². The summed E-state index contributed by atoms with van der Waals surface area (Å²) in [6.07, 6.45) is 3.70. The van der Waals surface area contributed by atoms with Gasteiger partial charge in [0.05, 0.1) is 5.56 Å². The smallest absolute Gasteiger partial charge is 0.255 e. The van der Waals surface area contributed by atoms with Crippen molar-refractivity contribution in [1.29, 1.82) is 0 Å². The summed E-state index contributed by atoms with van der Waals surface area (Å²) in [5.41, 5.74) is 7.31. The fraction of sp³-hybridized carbons (Fsp3) is 0.538. The minimum Gasteiger partial charge on any atom is -0.341 e. The highest BCUT2D eigenvalue weighted by atomic mass is 16.2. The van der Waals surface area contributed by atoms with Crippen molar-refractivity contribution >= 4 is 5.91 Å². The van der Waals surface area contributed by atoms with Crippen LogP contribution in [0.4, 0.5) is 0 Å². The number of amides is 1. The highest BCUT2D eigenvalue weighted by Gasteiger charge is 2.28. The first kappa shape index (κ1) is 12.0. The summed E-state index contributed by atoms with van der Waals surface area (Å²) in [7, 11) is 1.84. The van der Waals surface area contributed by atoms with Crippen LogP contribution in [0.1, 0.15) is 28.9 Å². The van der Waals surface area contributed by atoms with Crippen LogP contribution in [0.3, 0.4) is 0 Å². The number of nitrogens with zero attached hydrogens (tertiary/aromatic N) is 2. The second-order valence-corrected chi connectivity index (χ2v) is 4.97. The molecule has 1 aromatic rings. The lowest BCUT2D eigenvalue weighted by molar-refractivity contribution is 0.0733. The summed E-state index contributed by atoms with van der Waals surface area (Å²) >= 11 is 0. The molecule has 0 saturated heterocycles. The SMILES string of the molecule is Cc1ccc(C(=O)N(C)CC2CC(N)C2)cn1. The molecule has 4 nitrogen and oxygen atoms in total. The van der Waals surface area contributed by atoms with Gasteiger partial charge >= 0.3 is 0 Å². The molecule has 1 aromatic heterocycles. The first-order valence-corrected chi connectivity index (χ1v) is 6.00. The average Bonchev–Trinajstić information content (AvgIpc) is 2.27. The monoisotopic (exact) mass is 233 g/mol. The van der Waals surface area contributed by atoms with E-state index in [9.17, 15) is 4.79 Å². The average molecular weight is 233 g/mol. The molecule has 92 valence electrons. The third-order valence-corrected chi connectivity index (χ3v) is 3.31. The standard InChI is InChI=1S/C13H19N3O/c1-9-3-4-11(7-15-9)13(17)16(2)8-10-5-12(14)6-10/h3-4,7,10,12H,5-6,8,14H2,1-2H3. The Balaban J connectivity index is 1.92. The Kier molecular flexibility index (Phi) is 3.43. The van der Waals surface area contributed by atoms with Crippen LogP contribution in [0.5, 0.6) is 0 Å². The zero-order valence-corrected chi connectivity index (χ0v) is 10.4. The van der Waals surface area contributed by atoms with Crippen molar-refractivity contribution in [2.45, 2.75) is 25.8 Å². The Bertz CT molecular complexity index is 396. The predicted molar refractivity (Wildman–Crippen MR) is 66.6 cm³/mol. The van der Waals surface area contributed by atoms with Crippen molar-refractivity contribution in [2.75, 3.05) is 13.6 Å². The molecular weight excluding hydrogens is 214 g/mol. The molecule has 0 radical (unpaired) electrons. The normalized spacial score (nSPS) is 23.0. The molecule has 0 atom stereocenters. The van der Waals surface area contributed by atoms with Gasteiger partial charge in [-0.1, -0.05) is 0 Å². The maximum atomic E-state index is 12.1. The Hall–Kier alpha value is -1.42. The lowest BCUT2D eigenvalue weighted by Gasteiger charge is -2.35. The molecule has 0 bridgehead atoms. The van der Waals surface area contributed by atoms with Crippen LogP contribution in [0, 0.1) is 12.8 Å². The van der Waals surface area contributed by atoms with Crippen LogP contribution in [-0.4, -0.2) is 35.4 Å². The van der Waals surface area contributed by atoms with Gasteiger partial charge in [-0.15, -0.1) is 0 Å². The number of rotatable bonds is 3. The quantitative estimate of drug-likeness (QED) is 0.853. The number of nitrogens with two attached hydrogens (primary N) is 1. The molecule has 1 saturated carbocycles. The van der Waals surface area contributed by atoms with E-state index < -0.39 is 0 Å². The molecule has 1 heterocycles. The highest BCUT2D eigenvalue weighted by molar-refractivity contribution is 5.93. The van der Waals surface area contributed by atoms with Crippen molar-refractivity contribution in [3.8, 4) is 0 Å². The largest absolute Gasteiger partial charge is 0.341 e.